The first-order valence-electron chi connectivity index (χ1n) is 5.58. The molecule has 1 aliphatic rings. The molecule has 0 saturated carbocycles. The predicted octanol–water partition coefficient (Wildman–Crippen LogP) is 1.45. The minimum Gasteiger partial charge on any atom is -0.356 e. The third-order valence-corrected chi connectivity index (χ3v) is 2.82. The van der Waals surface area contributed by atoms with Gasteiger partial charge in [-0.1, -0.05) is 20.8 Å². The van der Waals surface area contributed by atoms with Gasteiger partial charge in [-0.25, -0.2) is 4.98 Å². The Kier molecular flexibility index (Phi) is 2.46. The maximum atomic E-state index is 5.83. The summed E-state index contributed by atoms with van der Waals surface area (Å²) in [5.74, 6) is 0.992. The Morgan fingerprint density at radius 2 is 2.20 bits per heavy atom. The van der Waals surface area contributed by atoms with Crippen molar-refractivity contribution in [1.29, 1.82) is 0 Å². The number of rotatable bonds is 1. The van der Waals surface area contributed by atoms with Crippen molar-refractivity contribution in [2.75, 3.05) is 11.9 Å². The van der Waals surface area contributed by atoms with Gasteiger partial charge in [-0.15, -0.1) is 0 Å². The normalized spacial score (nSPS) is 16.0. The van der Waals surface area contributed by atoms with E-state index in [4.69, 9.17) is 5.73 Å². The molecule has 0 aromatic carbocycles. The van der Waals surface area contributed by atoms with Crippen LogP contribution < -0.4 is 11.1 Å². The summed E-state index contributed by atoms with van der Waals surface area (Å²) in [5.41, 5.74) is 8.22. The molecule has 0 fully saturated rings. The molecule has 1 aliphatic heterocycles. The molecule has 0 atom stereocenters. The number of hydrogen-bond donors (Lipinski definition) is 2. The minimum absolute atomic E-state index is 0.0702. The SMILES string of the molecule is CC(C)(C)c1nc2n(c1CN)CCCN2. The zero-order chi connectivity index (χ0) is 11.1. The van der Waals surface area contributed by atoms with Crippen LogP contribution in [-0.2, 0) is 18.5 Å². The minimum atomic E-state index is 0.0702. The first-order valence-corrected chi connectivity index (χ1v) is 5.58. The van der Waals surface area contributed by atoms with Crippen LogP contribution in [0.15, 0.2) is 0 Å². The van der Waals surface area contributed by atoms with Gasteiger partial charge in [0.25, 0.3) is 0 Å². The number of imidazole rings is 1. The van der Waals surface area contributed by atoms with Gasteiger partial charge in [0.05, 0.1) is 11.4 Å². The smallest absolute Gasteiger partial charge is 0.203 e. The van der Waals surface area contributed by atoms with E-state index in [0.29, 0.717) is 6.54 Å². The van der Waals surface area contributed by atoms with Gasteiger partial charge in [-0.05, 0) is 6.42 Å². The average molecular weight is 208 g/mol. The lowest BCUT2D eigenvalue weighted by Crippen LogP contribution is -2.21. The van der Waals surface area contributed by atoms with E-state index in [1.807, 2.05) is 0 Å². The summed E-state index contributed by atoms with van der Waals surface area (Å²) >= 11 is 0. The molecule has 0 saturated heterocycles. The molecular weight excluding hydrogens is 188 g/mol. The fourth-order valence-corrected chi connectivity index (χ4v) is 2.11. The fraction of sp³-hybridized carbons (Fsp3) is 0.727. The molecule has 0 unspecified atom stereocenters. The van der Waals surface area contributed by atoms with Crippen molar-refractivity contribution < 1.29 is 0 Å². The Balaban J connectivity index is 2.51. The first-order chi connectivity index (χ1) is 7.04. The number of hydrogen-bond acceptors (Lipinski definition) is 3. The molecule has 2 rings (SSSR count). The lowest BCUT2D eigenvalue weighted by atomic mass is 9.90. The number of anilines is 1. The van der Waals surface area contributed by atoms with E-state index in [1.54, 1.807) is 0 Å². The summed E-state index contributed by atoms with van der Waals surface area (Å²) in [6.07, 6.45) is 1.15. The standard InChI is InChI=1S/C11H20N4/c1-11(2,3)9-8(7-12)15-6-4-5-13-10(15)14-9/h4-7,12H2,1-3H3,(H,13,14). The molecule has 3 N–H and O–H groups in total. The molecule has 4 heteroatoms. The van der Waals surface area contributed by atoms with Crippen molar-refractivity contribution in [3.63, 3.8) is 0 Å². The van der Waals surface area contributed by atoms with Crippen LogP contribution in [0.1, 0.15) is 38.6 Å². The zero-order valence-electron chi connectivity index (χ0n) is 9.80. The topological polar surface area (TPSA) is 55.9 Å². The molecule has 0 amide bonds. The number of nitrogens with one attached hydrogen (secondary N) is 1. The quantitative estimate of drug-likeness (QED) is 0.734. The van der Waals surface area contributed by atoms with E-state index in [2.05, 4.69) is 35.6 Å². The van der Waals surface area contributed by atoms with Crippen molar-refractivity contribution in [3.05, 3.63) is 11.4 Å². The third kappa shape index (κ3) is 1.74. The number of fused-ring (bicyclic) bond motifs is 1. The highest BCUT2D eigenvalue weighted by Gasteiger charge is 2.26. The summed E-state index contributed by atoms with van der Waals surface area (Å²) in [7, 11) is 0. The second-order valence-electron chi connectivity index (χ2n) is 5.12. The van der Waals surface area contributed by atoms with E-state index in [-0.39, 0.29) is 5.41 Å². The van der Waals surface area contributed by atoms with Gasteiger partial charge < -0.3 is 15.6 Å². The Bertz CT molecular complexity index is 359. The maximum Gasteiger partial charge on any atom is 0.203 e. The molecule has 0 aliphatic carbocycles. The fourth-order valence-electron chi connectivity index (χ4n) is 2.11. The summed E-state index contributed by atoms with van der Waals surface area (Å²) < 4.78 is 2.23. The van der Waals surface area contributed by atoms with Crippen molar-refractivity contribution in [1.82, 2.24) is 9.55 Å². The molecule has 0 bridgehead atoms. The second-order valence-corrected chi connectivity index (χ2v) is 5.12. The Morgan fingerprint density at radius 3 is 2.80 bits per heavy atom. The van der Waals surface area contributed by atoms with Crippen LogP contribution in [-0.4, -0.2) is 16.1 Å². The van der Waals surface area contributed by atoms with Crippen LogP contribution >= 0.6 is 0 Å². The Morgan fingerprint density at radius 1 is 1.47 bits per heavy atom. The van der Waals surface area contributed by atoms with Gasteiger partial charge in [-0.3, -0.25) is 0 Å². The molecule has 0 spiro atoms. The Labute approximate surface area is 90.9 Å². The van der Waals surface area contributed by atoms with Crippen LogP contribution in [0.3, 0.4) is 0 Å². The lowest BCUT2D eigenvalue weighted by Gasteiger charge is -2.19. The van der Waals surface area contributed by atoms with E-state index >= 15 is 0 Å². The van der Waals surface area contributed by atoms with Crippen LogP contribution in [0.2, 0.25) is 0 Å². The summed E-state index contributed by atoms with van der Waals surface area (Å²) in [6.45, 7) is 9.17. The summed E-state index contributed by atoms with van der Waals surface area (Å²) in [6, 6.07) is 0. The molecule has 0 radical (unpaired) electrons. The average Bonchev–Trinajstić information content (AvgIpc) is 2.55. The highest BCUT2D eigenvalue weighted by atomic mass is 15.2. The zero-order valence-corrected chi connectivity index (χ0v) is 9.80. The highest BCUT2D eigenvalue weighted by molar-refractivity contribution is 5.38. The van der Waals surface area contributed by atoms with Crippen LogP contribution in [0.5, 0.6) is 0 Å². The van der Waals surface area contributed by atoms with Gasteiger partial charge in [-0.2, -0.15) is 0 Å². The molecule has 15 heavy (non-hydrogen) atoms. The van der Waals surface area contributed by atoms with E-state index in [1.165, 1.54) is 5.69 Å². The summed E-state index contributed by atoms with van der Waals surface area (Å²) in [4.78, 5) is 4.66. The predicted molar refractivity (Wildman–Crippen MR) is 61.9 cm³/mol. The van der Waals surface area contributed by atoms with Crippen molar-refractivity contribution in [3.8, 4) is 0 Å². The number of nitrogens with two attached hydrogens (primary N) is 1. The van der Waals surface area contributed by atoms with Crippen LogP contribution in [0.25, 0.3) is 0 Å². The lowest BCUT2D eigenvalue weighted by molar-refractivity contribution is 0.554. The highest BCUT2D eigenvalue weighted by Crippen LogP contribution is 2.29. The van der Waals surface area contributed by atoms with Crippen molar-refractivity contribution in [2.45, 2.75) is 45.7 Å². The number of nitrogens with zero attached hydrogens (tertiary/aromatic N) is 2. The maximum absolute atomic E-state index is 5.83. The van der Waals surface area contributed by atoms with E-state index in [9.17, 15) is 0 Å². The first kappa shape index (κ1) is 10.5. The van der Waals surface area contributed by atoms with Gasteiger partial charge >= 0.3 is 0 Å². The second kappa shape index (κ2) is 3.52. The van der Waals surface area contributed by atoms with Crippen molar-refractivity contribution >= 4 is 5.95 Å². The largest absolute Gasteiger partial charge is 0.356 e. The third-order valence-electron chi connectivity index (χ3n) is 2.82. The number of aromatic nitrogens is 2. The van der Waals surface area contributed by atoms with Gasteiger partial charge in [0.15, 0.2) is 0 Å². The van der Waals surface area contributed by atoms with Crippen molar-refractivity contribution in [2.24, 2.45) is 5.73 Å². The van der Waals surface area contributed by atoms with Gasteiger partial charge in [0, 0.05) is 25.0 Å². The molecule has 1 aromatic rings. The van der Waals surface area contributed by atoms with Gasteiger partial charge in [0.1, 0.15) is 0 Å². The molecule has 84 valence electrons. The molecule has 4 nitrogen and oxygen atoms in total. The van der Waals surface area contributed by atoms with Crippen LogP contribution in [0, 0.1) is 0 Å². The van der Waals surface area contributed by atoms with Crippen LogP contribution in [0.4, 0.5) is 5.95 Å². The summed E-state index contributed by atoms with van der Waals surface area (Å²) in [5, 5.41) is 3.33. The monoisotopic (exact) mass is 208 g/mol. The molecule has 1 aromatic heterocycles. The molecule has 2 heterocycles. The van der Waals surface area contributed by atoms with Gasteiger partial charge in [0.2, 0.25) is 5.95 Å². The molecular formula is C11H20N4. The van der Waals surface area contributed by atoms with E-state index in [0.717, 1.165) is 31.2 Å². The van der Waals surface area contributed by atoms with E-state index < -0.39 is 0 Å². The Hall–Kier alpha value is -1.03.